The molecule has 0 bridgehead atoms. The maximum Gasteiger partial charge on any atom is 0.422 e. The predicted octanol–water partition coefficient (Wildman–Crippen LogP) is -0.119. The molecule has 0 saturated carbocycles. The van der Waals surface area contributed by atoms with Crippen molar-refractivity contribution in [2.24, 2.45) is 0 Å². The molecular formula is C10H24N2O7S4. The van der Waals surface area contributed by atoms with Crippen LogP contribution >= 0.6 is 21.0 Å². The van der Waals surface area contributed by atoms with Crippen LogP contribution in [0.4, 0.5) is 0 Å². The van der Waals surface area contributed by atoms with Crippen molar-refractivity contribution in [3.8, 4) is 0 Å². The summed E-state index contributed by atoms with van der Waals surface area (Å²) in [5, 5.41) is 0.116. The Morgan fingerprint density at radius 1 is 0.696 bits per heavy atom. The van der Waals surface area contributed by atoms with Gasteiger partial charge in [-0.15, -0.1) is 21.0 Å². The Labute approximate surface area is 144 Å². The van der Waals surface area contributed by atoms with E-state index in [1.165, 1.54) is 9.80 Å². The highest BCUT2D eigenvalue weighted by Gasteiger charge is 2.29. The van der Waals surface area contributed by atoms with Gasteiger partial charge < -0.3 is 0 Å². The SMILES string of the molecule is CN(C)C(OS(=O)(=O)OS(=O)(=O)OC(N(C)C)=S(C)C)=S(C)C. The lowest BCUT2D eigenvalue weighted by Gasteiger charge is -2.18. The first-order valence-corrected chi connectivity index (χ1v) is 12.8. The van der Waals surface area contributed by atoms with E-state index < -0.39 is 41.8 Å². The zero-order chi connectivity index (χ0) is 18.6. The van der Waals surface area contributed by atoms with Gasteiger partial charge in [0.25, 0.3) is 0 Å². The van der Waals surface area contributed by atoms with Gasteiger partial charge in [-0.25, -0.2) is 0 Å². The zero-order valence-electron chi connectivity index (χ0n) is 14.4. The summed E-state index contributed by atoms with van der Waals surface area (Å²) in [6.45, 7) is 0. The minimum atomic E-state index is -4.84. The van der Waals surface area contributed by atoms with Crippen LogP contribution in [0.3, 0.4) is 0 Å². The Morgan fingerprint density at radius 3 is 1.13 bits per heavy atom. The van der Waals surface area contributed by atoms with E-state index in [9.17, 15) is 16.8 Å². The largest absolute Gasteiger partial charge is 0.422 e. The van der Waals surface area contributed by atoms with Crippen LogP contribution in [0.1, 0.15) is 0 Å². The molecule has 0 radical (unpaired) electrons. The second-order valence-corrected chi connectivity index (χ2v) is 11.5. The van der Waals surface area contributed by atoms with Crippen molar-refractivity contribution in [3.05, 3.63) is 0 Å². The third-order valence-electron chi connectivity index (χ3n) is 1.94. The van der Waals surface area contributed by atoms with E-state index in [0.717, 1.165) is 0 Å². The van der Waals surface area contributed by atoms with Crippen LogP contribution in [0, 0.1) is 0 Å². The lowest BCUT2D eigenvalue weighted by atomic mass is 10.9. The molecule has 0 aromatic rings. The summed E-state index contributed by atoms with van der Waals surface area (Å²) in [5.74, 6) is 0. The fourth-order valence-electron chi connectivity index (χ4n) is 1.32. The molecule has 0 spiro atoms. The molecule has 0 rings (SSSR count). The average molecular weight is 413 g/mol. The molecule has 0 N–H and O–H groups in total. The highest BCUT2D eigenvalue weighted by Crippen LogP contribution is 2.15. The van der Waals surface area contributed by atoms with E-state index in [1.54, 1.807) is 53.2 Å². The van der Waals surface area contributed by atoms with Gasteiger partial charge in [0.1, 0.15) is 0 Å². The van der Waals surface area contributed by atoms with Gasteiger partial charge in [0.05, 0.1) is 0 Å². The molecule has 0 aliphatic heterocycles. The van der Waals surface area contributed by atoms with E-state index in [-0.39, 0.29) is 10.3 Å². The maximum atomic E-state index is 11.8. The Balaban J connectivity index is 5.40. The molecule has 13 heteroatoms. The summed E-state index contributed by atoms with van der Waals surface area (Å²) >= 11 is 0. The standard InChI is InChI=1S/C10H24N2O7S4/c1-11(2)9(20(5)6)17-22(13,14)19-23(15,16)18-10(12(3)4)21(7)8/h1-8H3. The molecule has 0 atom stereocenters. The second-order valence-electron chi connectivity index (χ2n) is 5.00. The summed E-state index contributed by atoms with van der Waals surface area (Å²) in [7, 11) is -4.54. The van der Waals surface area contributed by atoms with E-state index in [0.29, 0.717) is 0 Å². The molecule has 0 unspecified atom stereocenters. The number of rotatable bonds is 4. The van der Waals surface area contributed by atoms with Gasteiger partial charge in [0.2, 0.25) is 0 Å². The third kappa shape index (κ3) is 8.69. The third-order valence-corrected chi connectivity index (χ3v) is 6.50. The molecule has 0 saturated heterocycles. The van der Waals surface area contributed by atoms with Gasteiger partial charge in [-0.1, -0.05) is 3.63 Å². The van der Waals surface area contributed by atoms with Gasteiger partial charge in [0, 0.05) is 0 Å². The van der Waals surface area contributed by atoms with Crippen LogP contribution in [0.2, 0.25) is 0 Å². The van der Waals surface area contributed by atoms with Crippen LogP contribution in [-0.2, 0) is 32.8 Å². The van der Waals surface area contributed by atoms with Crippen molar-refractivity contribution in [2.45, 2.75) is 0 Å². The van der Waals surface area contributed by atoms with Crippen molar-refractivity contribution >= 4 is 52.1 Å². The van der Waals surface area contributed by atoms with Gasteiger partial charge in [-0.2, -0.15) is 25.2 Å². The smallest absolute Gasteiger partial charge is 0.255 e. The summed E-state index contributed by atoms with van der Waals surface area (Å²) in [6, 6.07) is 0. The molecule has 9 nitrogen and oxygen atoms in total. The van der Waals surface area contributed by atoms with E-state index >= 15 is 0 Å². The topological polar surface area (TPSA) is 102 Å². The van der Waals surface area contributed by atoms with Gasteiger partial charge in [0.15, 0.2) is 10.3 Å². The molecule has 0 aromatic carbocycles. The molecule has 23 heavy (non-hydrogen) atoms. The Bertz CT molecular complexity index is 625. The van der Waals surface area contributed by atoms with Crippen LogP contribution in [0.15, 0.2) is 0 Å². The predicted molar refractivity (Wildman–Crippen MR) is 97.4 cm³/mol. The summed E-state index contributed by atoms with van der Waals surface area (Å²) in [6.07, 6.45) is 6.86. The van der Waals surface area contributed by atoms with E-state index in [1.807, 2.05) is 0 Å². The first kappa shape index (κ1) is 23.1. The number of hydrogen-bond acceptors (Lipinski definition) is 7. The first-order chi connectivity index (χ1) is 10.2. The van der Waals surface area contributed by atoms with Gasteiger partial charge >= 0.3 is 20.8 Å². The molecule has 0 aliphatic carbocycles. The Morgan fingerprint density at radius 2 is 0.957 bits per heavy atom. The van der Waals surface area contributed by atoms with Crippen molar-refractivity contribution < 1.29 is 28.8 Å². The highest BCUT2D eigenvalue weighted by atomic mass is 32.3. The molecule has 140 valence electrons. The molecule has 0 heterocycles. The van der Waals surface area contributed by atoms with E-state index in [4.69, 9.17) is 8.37 Å². The lowest BCUT2D eigenvalue weighted by Crippen LogP contribution is -2.32. The molecular weight excluding hydrogens is 388 g/mol. The van der Waals surface area contributed by atoms with Crippen molar-refractivity contribution in [2.75, 3.05) is 53.2 Å². The minimum absolute atomic E-state index is 0.0581. The van der Waals surface area contributed by atoms with Gasteiger partial charge in [-0.3, -0.25) is 9.80 Å². The van der Waals surface area contributed by atoms with E-state index in [2.05, 4.69) is 3.63 Å². The van der Waals surface area contributed by atoms with Crippen LogP contribution in [-0.4, -0.2) is 90.2 Å². The fraction of sp³-hybridized carbons (Fsp3) is 0.800. The Kier molecular flexibility index (Phi) is 9.06. The average Bonchev–Trinajstić information content (AvgIpc) is 2.30. The van der Waals surface area contributed by atoms with Crippen molar-refractivity contribution in [1.82, 2.24) is 9.80 Å². The lowest BCUT2D eigenvalue weighted by molar-refractivity contribution is 0.325. The molecule has 0 aliphatic rings. The second kappa shape index (κ2) is 9.01. The summed E-state index contributed by atoms with van der Waals surface area (Å²) in [5.41, 5.74) is 0. The summed E-state index contributed by atoms with van der Waals surface area (Å²) < 4.78 is 60.8. The van der Waals surface area contributed by atoms with Crippen LogP contribution in [0.5, 0.6) is 0 Å². The quantitative estimate of drug-likeness (QED) is 0.585. The van der Waals surface area contributed by atoms with Crippen molar-refractivity contribution in [3.63, 3.8) is 0 Å². The zero-order valence-corrected chi connectivity index (χ0v) is 17.7. The number of nitrogens with zero attached hydrogens (tertiary/aromatic N) is 2. The maximum absolute atomic E-state index is 11.8. The normalized spacial score (nSPS) is 13.4. The number of hydrogen-bond donors (Lipinski definition) is 0. The molecule has 0 aromatic heterocycles. The van der Waals surface area contributed by atoms with Crippen LogP contribution in [0.25, 0.3) is 0 Å². The van der Waals surface area contributed by atoms with Crippen molar-refractivity contribution in [1.29, 1.82) is 0 Å². The first-order valence-electron chi connectivity index (χ1n) is 6.02. The monoisotopic (exact) mass is 412 g/mol. The van der Waals surface area contributed by atoms with Gasteiger partial charge in [-0.05, 0) is 53.2 Å². The highest BCUT2D eigenvalue weighted by molar-refractivity contribution is 8.15. The summed E-state index contributed by atoms with van der Waals surface area (Å²) in [4.78, 5) is 2.84. The molecule has 0 fully saturated rings. The van der Waals surface area contributed by atoms with Crippen LogP contribution < -0.4 is 0 Å². The Hall–Kier alpha value is 0.140. The molecule has 0 amide bonds. The minimum Gasteiger partial charge on any atom is -0.255 e. The fourth-order valence-corrected chi connectivity index (χ4v) is 6.06.